The van der Waals surface area contributed by atoms with Gasteiger partial charge in [0, 0.05) is 5.69 Å². The smallest absolute Gasteiger partial charge is 0.199 e. The van der Waals surface area contributed by atoms with E-state index in [2.05, 4.69) is 20.3 Å². The summed E-state index contributed by atoms with van der Waals surface area (Å²) in [4.78, 5) is 0. The minimum atomic E-state index is 0.0620. The van der Waals surface area contributed by atoms with Crippen LogP contribution in [-0.2, 0) is 0 Å². The second kappa shape index (κ2) is 4.25. The second-order valence-electron chi connectivity index (χ2n) is 3.80. The standard InChI is InChI=1S/C11H13N5O/c1-6-3-4-8(5-7(6)2)14-10(12)9-11(13)16-17-15-9/h3-5H,1-2H3,(H2,12,14)(H2,13,16). The van der Waals surface area contributed by atoms with Crippen LogP contribution >= 0.6 is 0 Å². The van der Waals surface area contributed by atoms with Crippen LogP contribution in [0, 0.1) is 19.3 Å². The lowest BCUT2D eigenvalue weighted by Crippen LogP contribution is -2.14. The van der Waals surface area contributed by atoms with Gasteiger partial charge in [-0.25, -0.2) is 4.63 Å². The first-order valence-electron chi connectivity index (χ1n) is 5.09. The van der Waals surface area contributed by atoms with Gasteiger partial charge < -0.3 is 11.1 Å². The first-order chi connectivity index (χ1) is 8.08. The van der Waals surface area contributed by atoms with Gasteiger partial charge >= 0.3 is 0 Å². The van der Waals surface area contributed by atoms with Gasteiger partial charge in [0.25, 0.3) is 0 Å². The van der Waals surface area contributed by atoms with Crippen molar-refractivity contribution in [3.8, 4) is 0 Å². The van der Waals surface area contributed by atoms with Crippen molar-refractivity contribution >= 4 is 17.3 Å². The van der Waals surface area contributed by atoms with Crippen LogP contribution in [-0.4, -0.2) is 16.1 Å². The van der Waals surface area contributed by atoms with E-state index in [1.165, 1.54) is 5.56 Å². The molecular weight excluding hydrogens is 218 g/mol. The number of hydrogen-bond acceptors (Lipinski definition) is 5. The molecule has 2 rings (SSSR count). The summed E-state index contributed by atoms with van der Waals surface area (Å²) >= 11 is 0. The zero-order chi connectivity index (χ0) is 12.4. The zero-order valence-corrected chi connectivity index (χ0v) is 9.61. The molecule has 0 unspecified atom stereocenters. The molecule has 6 heteroatoms. The SMILES string of the molecule is Cc1ccc(NC(=N)c2nonc2N)cc1C. The molecular formula is C11H13N5O. The Balaban J connectivity index is 2.19. The predicted molar refractivity (Wildman–Crippen MR) is 65.1 cm³/mol. The molecule has 0 atom stereocenters. The number of benzene rings is 1. The van der Waals surface area contributed by atoms with Crippen molar-refractivity contribution in [1.82, 2.24) is 10.3 Å². The van der Waals surface area contributed by atoms with E-state index in [0.29, 0.717) is 0 Å². The van der Waals surface area contributed by atoms with Crippen LogP contribution in [0.1, 0.15) is 16.8 Å². The Morgan fingerprint density at radius 2 is 2.06 bits per heavy atom. The minimum absolute atomic E-state index is 0.0620. The van der Waals surface area contributed by atoms with E-state index in [-0.39, 0.29) is 17.3 Å². The summed E-state index contributed by atoms with van der Waals surface area (Å²) in [5.41, 5.74) is 8.86. The summed E-state index contributed by atoms with van der Waals surface area (Å²) in [5.74, 6) is 0.165. The van der Waals surface area contributed by atoms with Crippen LogP contribution in [0.25, 0.3) is 0 Å². The Morgan fingerprint density at radius 3 is 2.65 bits per heavy atom. The van der Waals surface area contributed by atoms with Crippen LogP contribution in [0.5, 0.6) is 0 Å². The maximum Gasteiger partial charge on any atom is 0.199 e. The molecule has 17 heavy (non-hydrogen) atoms. The van der Waals surface area contributed by atoms with Crippen molar-refractivity contribution < 1.29 is 4.63 Å². The third-order valence-corrected chi connectivity index (χ3v) is 2.53. The largest absolute Gasteiger partial charge is 0.379 e. The van der Waals surface area contributed by atoms with E-state index < -0.39 is 0 Å². The van der Waals surface area contributed by atoms with E-state index >= 15 is 0 Å². The fourth-order valence-corrected chi connectivity index (χ4v) is 1.39. The van der Waals surface area contributed by atoms with Crippen molar-refractivity contribution in [3.05, 3.63) is 35.0 Å². The molecule has 0 amide bonds. The molecule has 0 spiro atoms. The number of aromatic nitrogens is 2. The first kappa shape index (κ1) is 11.1. The highest BCUT2D eigenvalue weighted by Crippen LogP contribution is 2.15. The third kappa shape index (κ3) is 2.25. The highest BCUT2D eigenvalue weighted by molar-refractivity contribution is 6.07. The summed E-state index contributed by atoms with van der Waals surface area (Å²) in [7, 11) is 0. The Hall–Kier alpha value is -2.37. The van der Waals surface area contributed by atoms with E-state index in [9.17, 15) is 0 Å². The van der Waals surface area contributed by atoms with Gasteiger partial charge in [-0.15, -0.1) is 0 Å². The quantitative estimate of drug-likeness (QED) is 0.539. The summed E-state index contributed by atoms with van der Waals surface area (Å²) in [6, 6.07) is 5.82. The van der Waals surface area contributed by atoms with Crippen molar-refractivity contribution in [2.24, 2.45) is 0 Å². The summed E-state index contributed by atoms with van der Waals surface area (Å²) < 4.78 is 4.44. The second-order valence-corrected chi connectivity index (χ2v) is 3.80. The number of anilines is 2. The molecule has 0 aliphatic rings. The number of nitrogens with zero attached hydrogens (tertiary/aromatic N) is 2. The Kier molecular flexibility index (Phi) is 2.78. The fourth-order valence-electron chi connectivity index (χ4n) is 1.39. The molecule has 0 aliphatic carbocycles. The van der Waals surface area contributed by atoms with E-state index in [0.717, 1.165) is 11.3 Å². The highest BCUT2D eigenvalue weighted by Gasteiger charge is 2.12. The van der Waals surface area contributed by atoms with Crippen molar-refractivity contribution in [3.63, 3.8) is 0 Å². The van der Waals surface area contributed by atoms with Crippen LogP contribution in [0.4, 0.5) is 11.5 Å². The molecule has 0 aliphatic heterocycles. The summed E-state index contributed by atoms with van der Waals surface area (Å²) in [6.45, 7) is 4.04. The minimum Gasteiger partial charge on any atom is -0.379 e. The summed E-state index contributed by atoms with van der Waals surface area (Å²) in [6.07, 6.45) is 0. The molecule has 0 saturated carbocycles. The Bertz CT molecular complexity index is 561. The van der Waals surface area contributed by atoms with E-state index in [1.807, 2.05) is 32.0 Å². The van der Waals surface area contributed by atoms with Crippen molar-refractivity contribution in [2.75, 3.05) is 11.1 Å². The highest BCUT2D eigenvalue weighted by atomic mass is 16.6. The average Bonchev–Trinajstić information content (AvgIpc) is 2.70. The summed E-state index contributed by atoms with van der Waals surface area (Å²) in [5, 5.41) is 17.7. The van der Waals surface area contributed by atoms with Crippen LogP contribution in [0.15, 0.2) is 22.8 Å². The number of nitrogens with one attached hydrogen (secondary N) is 2. The van der Waals surface area contributed by atoms with Crippen LogP contribution < -0.4 is 11.1 Å². The molecule has 6 nitrogen and oxygen atoms in total. The molecule has 0 saturated heterocycles. The first-order valence-corrected chi connectivity index (χ1v) is 5.09. The number of nitrogen functional groups attached to an aromatic ring is 1. The monoisotopic (exact) mass is 231 g/mol. The molecule has 2 aromatic rings. The molecule has 1 aromatic heterocycles. The topological polar surface area (TPSA) is 101 Å². The number of aryl methyl sites for hydroxylation is 2. The number of amidine groups is 1. The van der Waals surface area contributed by atoms with Gasteiger partial charge in [0.05, 0.1) is 0 Å². The Morgan fingerprint density at radius 1 is 1.29 bits per heavy atom. The lowest BCUT2D eigenvalue weighted by Gasteiger charge is -2.07. The molecule has 0 radical (unpaired) electrons. The van der Waals surface area contributed by atoms with Gasteiger partial charge in [0.2, 0.25) is 0 Å². The fraction of sp³-hybridized carbons (Fsp3) is 0.182. The molecule has 0 fully saturated rings. The van der Waals surface area contributed by atoms with E-state index in [4.69, 9.17) is 11.1 Å². The Labute approximate surface area is 98.3 Å². The molecule has 0 bridgehead atoms. The van der Waals surface area contributed by atoms with Gasteiger partial charge in [-0.2, -0.15) is 0 Å². The number of rotatable bonds is 2. The van der Waals surface area contributed by atoms with Crippen LogP contribution in [0.2, 0.25) is 0 Å². The average molecular weight is 231 g/mol. The molecule has 4 N–H and O–H groups in total. The number of nitrogens with two attached hydrogens (primary N) is 1. The maximum absolute atomic E-state index is 7.80. The van der Waals surface area contributed by atoms with Gasteiger partial charge in [0.1, 0.15) is 0 Å². The van der Waals surface area contributed by atoms with Crippen LogP contribution in [0.3, 0.4) is 0 Å². The maximum atomic E-state index is 7.80. The molecule has 1 aromatic carbocycles. The zero-order valence-electron chi connectivity index (χ0n) is 9.61. The lowest BCUT2D eigenvalue weighted by molar-refractivity contribution is 0.308. The van der Waals surface area contributed by atoms with Crippen molar-refractivity contribution in [1.29, 1.82) is 5.41 Å². The van der Waals surface area contributed by atoms with Crippen molar-refractivity contribution in [2.45, 2.75) is 13.8 Å². The number of hydrogen-bond donors (Lipinski definition) is 3. The normalized spacial score (nSPS) is 10.2. The molecule has 1 heterocycles. The third-order valence-electron chi connectivity index (χ3n) is 2.53. The van der Waals surface area contributed by atoms with Gasteiger partial charge in [0.15, 0.2) is 17.3 Å². The molecule has 88 valence electrons. The van der Waals surface area contributed by atoms with Gasteiger partial charge in [-0.1, -0.05) is 6.07 Å². The predicted octanol–water partition coefficient (Wildman–Crippen LogP) is 1.71. The van der Waals surface area contributed by atoms with E-state index in [1.54, 1.807) is 0 Å². The lowest BCUT2D eigenvalue weighted by atomic mass is 10.1. The van der Waals surface area contributed by atoms with Gasteiger partial charge in [-0.05, 0) is 47.4 Å². The van der Waals surface area contributed by atoms with Gasteiger partial charge in [-0.3, -0.25) is 5.41 Å².